The third-order valence-corrected chi connectivity index (χ3v) is 7.71. The molecule has 0 unspecified atom stereocenters. The maximum atomic E-state index is 13.5. The lowest BCUT2D eigenvalue weighted by molar-refractivity contribution is -0.132. The highest BCUT2D eigenvalue weighted by Gasteiger charge is 2.47. The zero-order chi connectivity index (χ0) is 24.7. The van der Waals surface area contributed by atoms with Crippen molar-refractivity contribution in [2.24, 2.45) is 5.41 Å². The van der Waals surface area contributed by atoms with Gasteiger partial charge in [-0.3, -0.25) is 14.4 Å². The Labute approximate surface area is 206 Å². The van der Waals surface area contributed by atoms with Gasteiger partial charge in [-0.25, -0.2) is 13.8 Å². The van der Waals surface area contributed by atoms with Crippen LogP contribution in [0.25, 0.3) is 0 Å². The summed E-state index contributed by atoms with van der Waals surface area (Å²) in [6.07, 6.45) is 4.23. The number of carbonyl (C=O) groups is 3. The molecule has 3 aliphatic rings. The van der Waals surface area contributed by atoms with Crippen LogP contribution in [0.5, 0.6) is 0 Å². The van der Waals surface area contributed by atoms with Gasteiger partial charge in [0.1, 0.15) is 17.7 Å². The summed E-state index contributed by atoms with van der Waals surface area (Å²) in [6, 6.07) is 3.90. The molecule has 1 aliphatic carbocycles. The van der Waals surface area contributed by atoms with E-state index < -0.39 is 29.2 Å². The Hall–Kier alpha value is -3.01. The molecule has 0 radical (unpaired) electrons. The molecule has 0 atom stereocenters. The molecule has 186 valence electrons. The van der Waals surface area contributed by atoms with E-state index in [1.54, 1.807) is 4.90 Å². The van der Waals surface area contributed by atoms with E-state index >= 15 is 0 Å². The fraction of sp³-hybridized carbons (Fsp3) is 0.500. The molecule has 2 aromatic rings. The zero-order valence-electron chi connectivity index (χ0n) is 19.0. The summed E-state index contributed by atoms with van der Waals surface area (Å²) in [5.41, 5.74) is 0.0249. The number of carbonyl (C=O) groups excluding carboxylic acids is 3. The Kier molecular flexibility index (Phi) is 6.25. The molecule has 0 bridgehead atoms. The average molecular weight is 506 g/mol. The topological polar surface area (TPSA) is 98.4 Å². The standard InChI is InChI=1S/C24H26ClF2N5O3/c25-17-10-14(26)2-3-18(17)32-9-1-6-24(23(32)35)7-4-16(5-8-24)30-21(33)19-20(29-13-28-19)22(34)31-11-15(27)12-31/h2-3,10,13,15-16H,1,4-9,11-12H2,(H,28,29)(H,30,33). The van der Waals surface area contributed by atoms with Gasteiger partial charge in [-0.2, -0.15) is 0 Å². The van der Waals surface area contributed by atoms with E-state index in [2.05, 4.69) is 15.3 Å². The summed E-state index contributed by atoms with van der Waals surface area (Å²) in [5, 5.41) is 3.16. The number of benzene rings is 1. The molecule has 3 heterocycles. The second-order valence-electron chi connectivity index (χ2n) is 9.62. The average Bonchev–Trinajstić information content (AvgIpc) is 3.31. The molecule has 2 N–H and O–H groups in total. The molecule has 35 heavy (non-hydrogen) atoms. The van der Waals surface area contributed by atoms with Gasteiger partial charge >= 0.3 is 0 Å². The molecule has 5 rings (SSSR count). The van der Waals surface area contributed by atoms with Crippen molar-refractivity contribution in [2.45, 2.75) is 50.7 Å². The minimum Gasteiger partial charge on any atom is -0.348 e. The fourth-order valence-electron chi connectivity index (χ4n) is 5.41. The quantitative estimate of drug-likeness (QED) is 0.664. The molecule has 11 heteroatoms. The molecule has 3 fully saturated rings. The molecule has 1 saturated carbocycles. The number of likely N-dealkylation sites (tertiary alicyclic amines) is 1. The van der Waals surface area contributed by atoms with Crippen LogP contribution in [0.2, 0.25) is 5.02 Å². The number of anilines is 1. The van der Waals surface area contributed by atoms with Crippen molar-refractivity contribution in [3.63, 3.8) is 0 Å². The second-order valence-corrected chi connectivity index (χ2v) is 10.0. The number of rotatable bonds is 4. The maximum absolute atomic E-state index is 13.5. The Balaban J connectivity index is 1.22. The van der Waals surface area contributed by atoms with Gasteiger partial charge in [-0.05, 0) is 56.7 Å². The maximum Gasteiger partial charge on any atom is 0.275 e. The number of amides is 3. The number of hydrogen-bond acceptors (Lipinski definition) is 4. The number of nitrogens with one attached hydrogen (secondary N) is 2. The van der Waals surface area contributed by atoms with Crippen molar-refractivity contribution >= 4 is 35.0 Å². The van der Waals surface area contributed by atoms with Crippen LogP contribution in [-0.4, -0.2) is 64.4 Å². The Morgan fingerprint density at radius 3 is 2.63 bits per heavy atom. The lowest BCUT2D eigenvalue weighted by atomic mass is 9.67. The van der Waals surface area contributed by atoms with Crippen LogP contribution in [-0.2, 0) is 4.79 Å². The summed E-state index contributed by atoms with van der Waals surface area (Å²) in [5.74, 6) is -1.38. The highest BCUT2D eigenvalue weighted by molar-refractivity contribution is 6.33. The first-order chi connectivity index (χ1) is 16.8. The van der Waals surface area contributed by atoms with Crippen LogP contribution in [0.15, 0.2) is 24.5 Å². The van der Waals surface area contributed by atoms with Crippen molar-refractivity contribution in [1.82, 2.24) is 20.2 Å². The molecule has 1 aromatic heterocycles. The van der Waals surface area contributed by atoms with Gasteiger partial charge in [0.05, 0.1) is 30.1 Å². The zero-order valence-corrected chi connectivity index (χ0v) is 19.8. The predicted molar refractivity (Wildman–Crippen MR) is 125 cm³/mol. The summed E-state index contributed by atoms with van der Waals surface area (Å²) < 4.78 is 26.6. The van der Waals surface area contributed by atoms with E-state index in [0.717, 1.165) is 12.8 Å². The van der Waals surface area contributed by atoms with E-state index in [1.165, 1.54) is 29.4 Å². The minimum atomic E-state index is -1.04. The summed E-state index contributed by atoms with van der Waals surface area (Å²) in [4.78, 5) is 48.6. The highest BCUT2D eigenvalue weighted by Crippen LogP contribution is 2.46. The molecular formula is C24H26ClF2N5O3. The van der Waals surface area contributed by atoms with Gasteiger partial charge in [0.15, 0.2) is 5.69 Å². The van der Waals surface area contributed by atoms with Crippen molar-refractivity contribution in [1.29, 1.82) is 0 Å². The number of nitrogens with zero attached hydrogens (tertiary/aromatic N) is 3. The first-order valence-electron chi connectivity index (χ1n) is 11.8. The number of hydrogen-bond donors (Lipinski definition) is 2. The number of alkyl halides is 1. The molecule has 1 aromatic carbocycles. The van der Waals surface area contributed by atoms with Crippen LogP contribution in [0, 0.1) is 11.2 Å². The SMILES string of the molecule is O=C(NC1CCC2(CCCN(c3ccc(F)cc3Cl)C2=O)CC1)c1[nH]cnc1C(=O)N1CC(F)C1. The van der Waals surface area contributed by atoms with Gasteiger partial charge in [-0.15, -0.1) is 0 Å². The fourth-order valence-corrected chi connectivity index (χ4v) is 5.68. The molecule has 1 spiro atoms. The molecule has 2 aliphatic heterocycles. The summed E-state index contributed by atoms with van der Waals surface area (Å²) in [6.45, 7) is 0.542. The highest BCUT2D eigenvalue weighted by atomic mass is 35.5. The summed E-state index contributed by atoms with van der Waals surface area (Å²) in [7, 11) is 0. The number of aromatic nitrogens is 2. The molecule has 8 nitrogen and oxygen atoms in total. The lowest BCUT2D eigenvalue weighted by Crippen LogP contribution is -2.53. The Bertz CT molecular complexity index is 1160. The number of H-pyrrole nitrogens is 1. The van der Waals surface area contributed by atoms with Crippen molar-refractivity contribution in [2.75, 3.05) is 24.5 Å². The Morgan fingerprint density at radius 1 is 1.20 bits per heavy atom. The van der Waals surface area contributed by atoms with E-state index in [-0.39, 0.29) is 41.4 Å². The molecule has 3 amide bonds. The smallest absolute Gasteiger partial charge is 0.275 e. The summed E-state index contributed by atoms with van der Waals surface area (Å²) >= 11 is 6.22. The lowest BCUT2D eigenvalue weighted by Gasteiger charge is -2.45. The van der Waals surface area contributed by atoms with Crippen molar-refractivity contribution in [3.05, 3.63) is 46.8 Å². The first kappa shape index (κ1) is 23.7. The number of aromatic amines is 1. The predicted octanol–water partition coefficient (Wildman–Crippen LogP) is 3.48. The third kappa shape index (κ3) is 4.39. The van der Waals surface area contributed by atoms with E-state index in [9.17, 15) is 23.2 Å². The number of piperidine rings is 1. The van der Waals surface area contributed by atoms with Crippen molar-refractivity contribution < 1.29 is 23.2 Å². The van der Waals surface area contributed by atoms with Gasteiger partial charge in [-0.1, -0.05) is 11.6 Å². The number of halogens is 3. The van der Waals surface area contributed by atoms with Crippen LogP contribution < -0.4 is 10.2 Å². The van der Waals surface area contributed by atoms with E-state index in [0.29, 0.717) is 37.9 Å². The van der Waals surface area contributed by atoms with Gasteiger partial charge in [0, 0.05) is 18.0 Å². The third-order valence-electron chi connectivity index (χ3n) is 7.41. The largest absolute Gasteiger partial charge is 0.348 e. The van der Waals surface area contributed by atoms with E-state index in [1.807, 2.05) is 0 Å². The van der Waals surface area contributed by atoms with Gasteiger partial charge in [0.25, 0.3) is 11.8 Å². The Morgan fingerprint density at radius 2 is 1.94 bits per heavy atom. The van der Waals surface area contributed by atoms with Crippen LogP contribution >= 0.6 is 11.6 Å². The van der Waals surface area contributed by atoms with Crippen LogP contribution in [0.3, 0.4) is 0 Å². The van der Waals surface area contributed by atoms with E-state index in [4.69, 9.17) is 11.6 Å². The minimum absolute atomic E-state index is 0.00560. The normalized spacial score (nSPS) is 25.0. The monoisotopic (exact) mass is 505 g/mol. The van der Waals surface area contributed by atoms with Gasteiger partial charge in [0.2, 0.25) is 5.91 Å². The number of imidazole rings is 1. The molecule has 2 saturated heterocycles. The van der Waals surface area contributed by atoms with Crippen LogP contribution in [0.1, 0.15) is 59.5 Å². The first-order valence-corrected chi connectivity index (χ1v) is 12.2. The molecular weight excluding hydrogens is 480 g/mol. The second kappa shape index (κ2) is 9.22. The van der Waals surface area contributed by atoms with Crippen molar-refractivity contribution in [3.8, 4) is 0 Å². The van der Waals surface area contributed by atoms with Gasteiger partial charge < -0.3 is 20.1 Å². The van der Waals surface area contributed by atoms with Crippen LogP contribution in [0.4, 0.5) is 14.5 Å².